The molecule has 0 saturated heterocycles. The van der Waals surface area contributed by atoms with Gasteiger partial charge in [0.15, 0.2) is 0 Å². The maximum atomic E-state index is 10.8. The van der Waals surface area contributed by atoms with Crippen molar-refractivity contribution in [3.63, 3.8) is 0 Å². The molecule has 0 saturated carbocycles. The average molecular weight is 180 g/mol. The Morgan fingerprint density at radius 3 is 2.55 bits per heavy atom. The van der Waals surface area contributed by atoms with Crippen LogP contribution in [-0.2, 0) is 19.1 Å². The van der Waals surface area contributed by atoms with Crippen molar-refractivity contribution in [2.75, 3.05) is 14.2 Å². The minimum atomic E-state index is -0.789. The van der Waals surface area contributed by atoms with Crippen molar-refractivity contribution in [1.29, 1.82) is 1.12 Å². The summed E-state index contributed by atoms with van der Waals surface area (Å²) in [5, 5.41) is -0.789. The van der Waals surface area contributed by atoms with Crippen LogP contribution < -0.4 is 0 Å². The van der Waals surface area contributed by atoms with Crippen LogP contribution >= 0.6 is 12.5 Å². The van der Waals surface area contributed by atoms with Crippen LogP contribution in [0.15, 0.2) is 0 Å². The number of hydrogen-bond acceptors (Lipinski definition) is 5. The summed E-state index contributed by atoms with van der Waals surface area (Å²) in [5.41, 5.74) is 0. The van der Waals surface area contributed by atoms with E-state index < -0.39 is 17.2 Å². The number of rotatable bonds is 4. The minimum Gasteiger partial charge on any atom is -0.469 e. The molecule has 0 spiro atoms. The molecule has 4 nitrogen and oxygen atoms in total. The van der Waals surface area contributed by atoms with Gasteiger partial charge >= 0.3 is 11.9 Å². The van der Waals surface area contributed by atoms with Crippen molar-refractivity contribution in [3.8, 4) is 0 Å². The van der Waals surface area contributed by atoms with Crippen LogP contribution in [-0.4, -0.2) is 32.5 Å². The smallest absolute Gasteiger partial charge is 0.319 e. The Bertz CT molecular complexity index is 173. The number of carbonyl (C=O) groups excluding carboxylic acids is 2. The molecule has 0 radical (unpaired) electrons. The molecule has 0 heterocycles. The first-order valence-corrected chi connectivity index (χ1v) is 3.39. The van der Waals surface area contributed by atoms with E-state index in [1.54, 1.807) is 0 Å². The standard InChI is InChI=1S/C6H10O4S/c1-9-5(7)3-4(11)6(8)10-2/h4,11H,3H2,1-2H3/i/hT. The lowest BCUT2D eigenvalue weighted by atomic mass is 10.3. The summed E-state index contributed by atoms with van der Waals surface area (Å²) in [6.07, 6.45) is -0.128. The monoisotopic (exact) mass is 180 g/mol. The largest absolute Gasteiger partial charge is 0.469 e. The second-order valence-corrected chi connectivity index (χ2v) is 2.36. The minimum absolute atomic E-state index is 0.128. The molecule has 0 aliphatic rings. The third kappa shape index (κ3) is 3.87. The van der Waals surface area contributed by atoms with Crippen molar-refractivity contribution >= 4 is 24.5 Å². The van der Waals surface area contributed by atoms with Crippen LogP contribution in [0.2, 0.25) is 0 Å². The van der Waals surface area contributed by atoms with Crippen LogP contribution in [0.5, 0.6) is 0 Å². The van der Waals surface area contributed by atoms with Gasteiger partial charge < -0.3 is 9.47 Å². The molecule has 0 aromatic carbocycles. The molecule has 0 bridgehead atoms. The van der Waals surface area contributed by atoms with Crippen molar-refractivity contribution < 1.29 is 19.1 Å². The van der Waals surface area contributed by atoms with Gasteiger partial charge in [0.1, 0.15) is 6.37 Å². The maximum absolute atomic E-state index is 10.8. The number of methoxy groups -OCH3 is 2. The van der Waals surface area contributed by atoms with Gasteiger partial charge in [0.25, 0.3) is 0 Å². The van der Waals surface area contributed by atoms with Gasteiger partial charge in [-0.3, -0.25) is 9.59 Å². The van der Waals surface area contributed by atoms with Gasteiger partial charge in [-0.15, -0.1) is 0 Å². The van der Waals surface area contributed by atoms with Gasteiger partial charge in [-0.2, -0.15) is 12.5 Å². The molecule has 0 N–H and O–H groups in total. The first-order valence-electron chi connectivity index (χ1n) is 3.33. The fourth-order valence-electron chi connectivity index (χ4n) is 0.449. The zero-order valence-electron chi connectivity index (χ0n) is 7.33. The normalized spacial score (nSPS) is 13.1. The molecular weight excluding hydrogens is 168 g/mol. The van der Waals surface area contributed by atoms with Gasteiger partial charge in [0.2, 0.25) is 0 Å². The molecule has 11 heavy (non-hydrogen) atoms. The van der Waals surface area contributed by atoms with Crippen molar-refractivity contribution in [1.82, 2.24) is 0 Å². The fraction of sp³-hybridized carbons (Fsp3) is 0.667. The number of carbonyl (C=O) groups is 2. The van der Waals surface area contributed by atoms with Crippen LogP contribution in [0, 0.1) is 0 Å². The maximum Gasteiger partial charge on any atom is 0.319 e. The molecule has 0 aliphatic heterocycles. The van der Waals surface area contributed by atoms with E-state index >= 15 is 0 Å². The Morgan fingerprint density at radius 2 is 2.18 bits per heavy atom. The molecule has 0 fully saturated rings. The third-order valence-electron chi connectivity index (χ3n) is 1.04. The number of thiol groups is 1. The van der Waals surface area contributed by atoms with Crippen LogP contribution in [0.1, 0.15) is 6.42 Å². The Balaban J connectivity index is 3.99. The quantitative estimate of drug-likeness (QED) is 0.489. The summed E-state index contributed by atoms with van der Waals surface area (Å²) in [5.74, 6) is -1.11. The van der Waals surface area contributed by atoms with E-state index in [2.05, 4.69) is 9.47 Å². The van der Waals surface area contributed by atoms with Gasteiger partial charge in [-0.1, -0.05) is 0 Å². The highest BCUT2D eigenvalue weighted by molar-refractivity contribution is 7.81. The van der Waals surface area contributed by atoms with Crippen LogP contribution in [0.4, 0.5) is 0 Å². The summed E-state index contributed by atoms with van der Waals surface area (Å²) in [6, 6.07) is 0. The van der Waals surface area contributed by atoms with Crippen molar-refractivity contribution in [3.05, 3.63) is 0 Å². The first-order chi connectivity index (χ1) is 5.65. The summed E-state index contributed by atoms with van der Waals surface area (Å²) >= 11 is 0.521. The molecule has 0 aromatic rings. The highest BCUT2D eigenvalue weighted by Crippen LogP contribution is 2.03. The predicted octanol–water partition coefficient (Wildman–Crippen LogP) is 0.0209. The highest BCUT2D eigenvalue weighted by Gasteiger charge is 2.18. The van der Waals surface area contributed by atoms with Gasteiger partial charge in [0.05, 0.1) is 20.6 Å². The molecule has 0 aromatic heterocycles. The molecule has 5 heteroatoms. The number of ether oxygens (including phenoxy) is 2. The van der Waals surface area contributed by atoms with E-state index in [0.717, 1.165) is 0 Å². The van der Waals surface area contributed by atoms with Gasteiger partial charge in [0, 0.05) is 0 Å². The first kappa shape index (κ1) is 8.39. The Hall–Kier alpha value is -0.710. The molecule has 64 valence electrons. The Kier molecular flexibility index (Phi) is 3.82. The molecule has 0 rings (SSSR count). The number of esters is 2. The summed E-state index contributed by atoms with van der Waals surface area (Å²) in [6.45, 7) is 0. The van der Waals surface area contributed by atoms with E-state index in [1.165, 1.54) is 14.2 Å². The zero-order valence-corrected chi connectivity index (χ0v) is 7.14. The van der Waals surface area contributed by atoms with E-state index in [-0.39, 0.29) is 6.42 Å². The predicted molar refractivity (Wildman–Crippen MR) is 41.4 cm³/mol. The topological polar surface area (TPSA) is 52.6 Å². The number of hydrogen-bond donors (Lipinski definition) is 1. The Morgan fingerprint density at radius 1 is 1.55 bits per heavy atom. The van der Waals surface area contributed by atoms with Crippen molar-refractivity contribution in [2.45, 2.75) is 11.7 Å². The van der Waals surface area contributed by atoms with Crippen LogP contribution in [0.3, 0.4) is 0 Å². The zero-order chi connectivity index (χ0) is 9.56. The second kappa shape index (κ2) is 5.01. The van der Waals surface area contributed by atoms with Gasteiger partial charge in [-0.25, -0.2) is 0 Å². The van der Waals surface area contributed by atoms with E-state index in [4.69, 9.17) is 1.12 Å². The molecule has 0 aliphatic carbocycles. The lowest BCUT2D eigenvalue weighted by Crippen LogP contribution is -2.20. The van der Waals surface area contributed by atoms with E-state index in [0.29, 0.717) is 12.5 Å². The second-order valence-electron chi connectivity index (χ2n) is 1.79. The SMILES string of the molecule is [3H]SC(CC(=O)OC)C(=O)OC. The molecular formula is C6H10O4S. The Labute approximate surface area is 71.4 Å². The van der Waals surface area contributed by atoms with Gasteiger partial charge in [-0.05, 0) is 0 Å². The highest BCUT2D eigenvalue weighted by atomic mass is 32.1. The lowest BCUT2D eigenvalue weighted by Gasteiger charge is -2.05. The lowest BCUT2D eigenvalue weighted by molar-refractivity contribution is -0.146. The van der Waals surface area contributed by atoms with E-state index in [9.17, 15) is 9.59 Å². The fourth-order valence-corrected chi connectivity index (χ4v) is 0.682. The van der Waals surface area contributed by atoms with E-state index in [1.807, 2.05) is 0 Å². The van der Waals surface area contributed by atoms with Crippen molar-refractivity contribution in [2.24, 2.45) is 0 Å². The molecule has 0 amide bonds. The van der Waals surface area contributed by atoms with Crippen LogP contribution in [0.25, 0.3) is 0 Å². The summed E-state index contributed by atoms with van der Waals surface area (Å²) < 4.78 is 15.6. The summed E-state index contributed by atoms with van der Waals surface area (Å²) in [7, 11) is 2.44. The summed E-state index contributed by atoms with van der Waals surface area (Å²) in [4.78, 5) is 21.5. The molecule has 1 unspecified atom stereocenters. The average Bonchev–Trinajstić information content (AvgIpc) is 2.12. The third-order valence-corrected chi connectivity index (χ3v) is 1.40. The molecule has 1 atom stereocenters.